The van der Waals surface area contributed by atoms with Crippen molar-refractivity contribution >= 4 is 21.4 Å². The minimum Gasteiger partial charge on any atom is -0.494 e. The van der Waals surface area contributed by atoms with Crippen LogP contribution in [0.5, 0.6) is 5.75 Å². The van der Waals surface area contributed by atoms with E-state index in [0.717, 1.165) is 6.26 Å². The molecule has 2 rings (SSSR count). The first kappa shape index (κ1) is 18.8. The summed E-state index contributed by atoms with van der Waals surface area (Å²) >= 11 is 0. The second-order valence-corrected chi connectivity index (χ2v) is 7.78. The number of rotatable bonds is 7. The Morgan fingerprint density at radius 2 is 1.76 bits per heavy atom. The molecule has 2 aromatic carbocycles. The number of ether oxygens (including phenoxy) is 1. The summed E-state index contributed by atoms with van der Waals surface area (Å²) in [7, 11) is -1.49. The predicted molar refractivity (Wildman–Crippen MR) is 97.5 cm³/mol. The fraction of sp³-hybridized carbons (Fsp3) is 0.278. The molecule has 0 saturated carbocycles. The summed E-state index contributed by atoms with van der Waals surface area (Å²) in [5, 5.41) is 0. The van der Waals surface area contributed by atoms with Crippen molar-refractivity contribution in [1.82, 2.24) is 4.90 Å². The van der Waals surface area contributed by atoms with Gasteiger partial charge in [-0.15, -0.1) is 0 Å². The smallest absolute Gasteiger partial charge is 0.255 e. The van der Waals surface area contributed by atoms with Crippen LogP contribution in [0.15, 0.2) is 53.4 Å². The molecule has 0 heterocycles. The molecule has 0 unspecified atom stereocenters. The quantitative estimate of drug-likeness (QED) is 0.602. The van der Waals surface area contributed by atoms with Gasteiger partial charge in [0.2, 0.25) is 0 Å². The van der Waals surface area contributed by atoms with Gasteiger partial charge >= 0.3 is 0 Å². The summed E-state index contributed by atoms with van der Waals surface area (Å²) in [5.41, 5.74) is 6.77. The predicted octanol–water partition coefficient (Wildman–Crippen LogP) is 2.21. The third-order valence-corrected chi connectivity index (χ3v) is 4.82. The number of carbonyl (C=O) groups is 1. The van der Waals surface area contributed by atoms with E-state index in [1.807, 2.05) is 0 Å². The van der Waals surface area contributed by atoms with E-state index < -0.39 is 9.84 Å². The summed E-state index contributed by atoms with van der Waals surface area (Å²) in [5.74, 6) is 0.462. The molecule has 2 aromatic rings. The summed E-state index contributed by atoms with van der Waals surface area (Å²) < 4.78 is 28.4. The maximum absolute atomic E-state index is 12.3. The number of para-hydroxylation sites is 1. The van der Waals surface area contributed by atoms with E-state index in [9.17, 15) is 13.2 Å². The zero-order valence-corrected chi connectivity index (χ0v) is 15.1. The van der Waals surface area contributed by atoms with E-state index in [-0.39, 0.29) is 10.8 Å². The average molecular weight is 362 g/mol. The number of nitrogen functional groups attached to an aromatic ring is 1. The van der Waals surface area contributed by atoms with Crippen LogP contribution in [0.4, 0.5) is 5.69 Å². The molecule has 0 aliphatic heterocycles. The average Bonchev–Trinajstić information content (AvgIpc) is 2.58. The molecular formula is C18H22N2O4S. The van der Waals surface area contributed by atoms with Crippen molar-refractivity contribution in [2.24, 2.45) is 0 Å². The third-order valence-electron chi connectivity index (χ3n) is 3.70. The Bertz CT molecular complexity index is 832. The summed E-state index contributed by atoms with van der Waals surface area (Å²) in [4.78, 5) is 14.2. The van der Waals surface area contributed by atoms with Gasteiger partial charge in [0.15, 0.2) is 9.84 Å². The van der Waals surface area contributed by atoms with Gasteiger partial charge in [-0.25, -0.2) is 8.42 Å². The molecule has 2 N–H and O–H groups in total. The first-order valence-corrected chi connectivity index (χ1v) is 9.71. The Hall–Kier alpha value is -2.54. The molecule has 0 atom stereocenters. The van der Waals surface area contributed by atoms with Crippen LogP contribution in [-0.2, 0) is 9.84 Å². The maximum atomic E-state index is 12.3. The number of benzene rings is 2. The molecule has 134 valence electrons. The highest BCUT2D eigenvalue weighted by atomic mass is 32.2. The van der Waals surface area contributed by atoms with Crippen LogP contribution < -0.4 is 10.5 Å². The Morgan fingerprint density at radius 1 is 1.12 bits per heavy atom. The lowest BCUT2D eigenvalue weighted by Gasteiger charge is -2.18. The van der Waals surface area contributed by atoms with Gasteiger partial charge in [0.05, 0.1) is 17.1 Å². The highest BCUT2D eigenvalue weighted by Crippen LogP contribution is 2.16. The molecule has 0 aromatic heterocycles. The molecule has 0 bridgehead atoms. The van der Waals surface area contributed by atoms with Crippen LogP contribution >= 0.6 is 0 Å². The van der Waals surface area contributed by atoms with Crippen molar-refractivity contribution in [3.8, 4) is 5.75 Å². The van der Waals surface area contributed by atoms with Gasteiger partial charge in [0.25, 0.3) is 5.91 Å². The monoisotopic (exact) mass is 362 g/mol. The molecule has 6 nitrogen and oxygen atoms in total. The van der Waals surface area contributed by atoms with Crippen molar-refractivity contribution in [3.05, 3.63) is 54.1 Å². The zero-order valence-electron chi connectivity index (χ0n) is 14.3. The van der Waals surface area contributed by atoms with Gasteiger partial charge in [0, 0.05) is 25.5 Å². The normalized spacial score (nSPS) is 11.1. The van der Waals surface area contributed by atoms with E-state index in [4.69, 9.17) is 10.5 Å². The number of hydrogen-bond donors (Lipinski definition) is 1. The van der Waals surface area contributed by atoms with Crippen molar-refractivity contribution in [2.45, 2.75) is 11.3 Å². The topological polar surface area (TPSA) is 89.7 Å². The molecule has 0 aliphatic rings. The van der Waals surface area contributed by atoms with Crippen LogP contribution in [0.2, 0.25) is 0 Å². The van der Waals surface area contributed by atoms with Crippen LogP contribution in [0.1, 0.15) is 16.8 Å². The van der Waals surface area contributed by atoms with Crippen molar-refractivity contribution in [1.29, 1.82) is 0 Å². The van der Waals surface area contributed by atoms with Crippen LogP contribution in [0.3, 0.4) is 0 Å². The number of nitrogens with zero attached hydrogens (tertiary/aromatic N) is 1. The molecule has 7 heteroatoms. The SMILES string of the molecule is CN(CCCOc1ccc(S(C)(=O)=O)cc1)C(=O)c1ccccc1N. The highest BCUT2D eigenvalue weighted by Gasteiger charge is 2.13. The van der Waals surface area contributed by atoms with Gasteiger partial charge < -0.3 is 15.4 Å². The van der Waals surface area contributed by atoms with Crippen molar-refractivity contribution in [2.75, 3.05) is 32.2 Å². The lowest BCUT2D eigenvalue weighted by molar-refractivity contribution is 0.0789. The van der Waals surface area contributed by atoms with Gasteiger partial charge in [-0.1, -0.05) is 12.1 Å². The molecule has 1 amide bonds. The zero-order chi connectivity index (χ0) is 18.4. The third kappa shape index (κ3) is 5.22. The highest BCUT2D eigenvalue weighted by molar-refractivity contribution is 7.90. The number of anilines is 1. The van der Waals surface area contributed by atoms with Crippen molar-refractivity contribution < 1.29 is 17.9 Å². The summed E-state index contributed by atoms with van der Waals surface area (Å²) in [6.45, 7) is 0.939. The second-order valence-electron chi connectivity index (χ2n) is 5.76. The van der Waals surface area contributed by atoms with E-state index in [1.54, 1.807) is 48.3 Å². The molecule has 0 aliphatic carbocycles. The fourth-order valence-electron chi connectivity index (χ4n) is 2.27. The van der Waals surface area contributed by atoms with Gasteiger partial charge in [0.1, 0.15) is 5.75 Å². The molecule has 0 saturated heterocycles. The maximum Gasteiger partial charge on any atom is 0.255 e. The largest absolute Gasteiger partial charge is 0.494 e. The van der Waals surface area contributed by atoms with E-state index in [2.05, 4.69) is 0 Å². The number of carbonyl (C=O) groups excluding carboxylic acids is 1. The standard InChI is InChI=1S/C18H22N2O4S/c1-20(18(21)16-6-3-4-7-17(16)19)12-5-13-24-14-8-10-15(11-9-14)25(2,22)23/h3-4,6-11H,5,12-13,19H2,1-2H3. The second kappa shape index (κ2) is 8.02. The molecule has 0 fully saturated rings. The number of nitrogens with two attached hydrogens (primary N) is 1. The Morgan fingerprint density at radius 3 is 2.36 bits per heavy atom. The van der Waals surface area contributed by atoms with Crippen LogP contribution in [0.25, 0.3) is 0 Å². The Balaban J connectivity index is 1.81. The van der Waals surface area contributed by atoms with E-state index in [1.165, 1.54) is 12.1 Å². The van der Waals surface area contributed by atoms with E-state index in [0.29, 0.717) is 36.6 Å². The van der Waals surface area contributed by atoms with Gasteiger partial charge in [-0.05, 0) is 42.8 Å². The minimum atomic E-state index is -3.21. The number of hydrogen-bond acceptors (Lipinski definition) is 5. The fourth-order valence-corrected chi connectivity index (χ4v) is 2.90. The number of amides is 1. The molecule has 25 heavy (non-hydrogen) atoms. The first-order valence-electron chi connectivity index (χ1n) is 7.82. The molecule has 0 spiro atoms. The van der Waals surface area contributed by atoms with Crippen molar-refractivity contribution in [3.63, 3.8) is 0 Å². The number of sulfone groups is 1. The Kier molecular flexibility index (Phi) is 6.03. The van der Waals surface area contributed by atoms with Gasteiger partial charge in [-0.3, -0.25) is 4.79 Å². The molecule has 0 radical (unpaired) electrons. The van der Waals surface area contributed by atoms with Crippen LogP contribution in [0, 0.1) is 0 Å². The Labute approximate surface area is 148 Å². The lowest BCUT2D eigenvalue weighted by atomic mass is 10.1. The minimum absolute atomic E-state index is 0.129. The van der Waals surface area contributed by atoms with E-state index >= 15 is 0 Å². The summed E-state index contributed by atoms with van der Waals surface area (Å²) in [6, 6.07) is 13.2. The summed E-state index contributed by atoms with van der Waals surface area (Å²) in [6.07, 6.45) is 1.80. The lowest BCUT2D eigenvalue weighted by Crippen LogP contribution is -2.29. The molecular weight excluding hydrogens is 340 g/mol. The first-order chi connectivity index (χ1) is 11.8. The van der Waals surface area contributed by atoms with Crippen LogP contribution in [-0.4, -0.2) is 45.7 Å². The van der Waals surface area contributed by atoms with Gasteiger partial charge in [-0.2, -0.15) is 0 Å².